The molecule has 2 N–H and O–H groups in total. The Hall–Kier alpha value is -2.01. The Kier molecular flexibility index (Phi) is 3.84. The fraction of sp³-hybridized carbons (Fsp3) is 0.188. The number of carboxylic acid groups (broad SMARTS) is 1. The summed E-state index contributed by atoms with van der Waals surface area (Å²) in [6.45, 7) is 0.613. The molecule has 21 heavy (non-hydrogen) atoms. The zero-order valence-electron chi connectivity index (χ0n) is 11.2. The summed E-state index contributed by atoms with van der Waals surface area (Å²) in [6, 6.07) is 12.9. The maximum atomic E-state index is 11.3. The smallest absolute Gasteiger partial charge is 0.337 e. The normalized spacial score (nSPS) is 16.7. The Bertz CT molecular complexity index is 687. The third-order valence-corrected chi connectivity index (χ3v) is 3.99. The van der Waals surface area contributed by atoms with Crippen LogP contribution < -0.4 is 10.1 Å². The van der Waals surface area contributed by atoms with Gasteiger partial charge in [0.05, 0.1) is 18.2 Å². The van der Waals surface area contributed by atoms with Gasteiger partial charge < -0.3 is 15.2 Å². The molecule has 0 saturated heterocycles. The predicted molar refractivity (Wildman–Crippen MR) is 84.0 cm³/mol. The molecule has 0 spiro atoms. The summed E-state index contributed by atoms with van der Waals surface area (Å²) in [5.41, 5.74) is 1.94. The number of hydrogen-bond donors (Lipinski definition) is 2. The zero-order chi connectivity index (χ0) is 14.8. The minimum absolute atomic E-state index is 0.0340. The van der Waals surface area contributed by atoms with Crippen molar-refractivity contribution in [3.05, 3.63) is 58.1 Å². The van der Waals surface area contributed by atoms with E-state index >= 15 is 0 Å². The molecule has 5 heteroatoms. The Labute approximate surface area is 130 Å². The van der Waals surface area contributed by atoms with E-state index in [4.69, 9.17) is 4.74 Å². The van der Waals surface area contributed by atoms with Crippen LogP contribution >= 0.6 is 15.9 Å². The molecule has 1 aliphatic heterocycles. The third kappa shape index (κ3) is 2.88. The van der Waals surface area contributed by atoms with Crippen molar-refractivity contribution in [1.82, 2.24) is 0 Å². The fourth-order valence-electron chi connectivity index (χ4n) is 2.50. The van der Waals surface area contributed by atoms with Crippen LogP contribution in [0.4, 0.5) is 5.69 Å². The van der Waals surface area contributed by atoms with Crippen LogP contribution in [0.3, 0.4) is 0 Å². The van der Waals surface area contributed by atoms with Crippen molar-refractivity contribution in [1.29, 1.82) is 0 Å². The van der Waals surface area contributed by atoms with Crippen LogP contribution in [0.5, 0.6) is 5.75 Å². The lowest BCUT2D eigenvalue weighted by Gasteiger charge is -2.28. The standard InChI is InChI=1S/C16H14BrNO3/c17-10-5-6-15-12(9-10)14(7-8-21-15)18-13-4-2-1-3-11(13)16(19)20/h1-6,9,14,18H,7-8H2,(H,19,20). The molecule has 2 aromatic rings. The highest BCUT2D eigenvalue weighted by atomic mass is 79.9. The van der Waals surface area contributed by atoms with Gasteiger partial charge in [0.25, 0.3) is 0 Å². The number of aromatic carboxylic acids is 1. The number of nitrogens with one attached hydrogen (secondary N) is 1. The fourth-order valence-corrected chi connectivity index (χ4v) is 2.88. The van der Waals surface area contributed by atoms with Gasteiger partial charge in [-0.15, -0.1) is 0 Å². The van der Waals surface area contributed by atoms with Gasteiger partial charge >= 0.3 is 5.97 Å². The van der Waals surface area contributed by atoms with E-state index in [9.17, 15) is 9.90 Å². The first-order chi connectivity index (χ1) is 10.1. The van der Waals surface area contributed by atoms with Crippen molar-refractivity contribution in [2.24, 2.45) is 0 Å². The maximum Gasteiger partial charge on any atom is 0.337 e. The van der Waals surface area contributed by atoms with E-state index in [2.05, 4.69) is 21.2 Å². The average Bonchev–Trinajstić information content (AvgIpc) is 2.48. The molecule has 3 rings (SSSR count). The lowest BCUT2D eigenvalue weighted by molar-refractivity contribution is 0.0698. The molecule has 0 aliphatic carbocycles. The SMILES string of the molecule is O=C(O)c1ccccc1NC1CCOc2ccc(Br)cc21. The first kappa shape index (κ1) is 13.9. The van der Waals surface area contributed by atoms with Gasteiger partial charge in [-0.2, -0.15) is 0 Å². The van der Waals surface area contributed by atoms with Gasteiger partial charge in [-0.05, 0) is 30.3 Å². The Morgan fingerprint density at radius 1 is 1.29 bits per heavy atom. The molecule has 0 saturated carbocycles. The predicted octanol–water partition coefficient (Wildman–Crippen LogP) is 4.08. The van der Waals surface area contributed by atoms with Crippen LogP contribution in [0.1, 0.15) is 28.4 Å². The number of anilines is 1. The molecule has 0 radical (unpaired) electrons. The van der Waals surface area contributed by atoms with Crippen molar-refractivity contribution < 1.29 is 14.6 Å². The average molecular weight is 348 g/mol. The minimum Gasteiger partial charge on any atom is -0.493 e. The number of para-hydroxylation sites is 1. The monoisotopic (exact) mass is 347 g/mol. The van der Waals surface area contributed by atoms with E-state index in [0.29, 0.717) is 12.3 Å². The molecule has 0 aromatic heterocycles. The van der Waals surface area contributed by atoms with Crippen molar-refractivity contribution in [3.8, 4) is 5.75 Å². The van der Waals surface area contributed by atoms with E-state index in [1.807, 2.05) is 24.3 Å². The maximum absolute atomic E-state index is 11.3. The molecule has 1 aliphatic rings. The van der Waals surface area contributed by atoms with Crippen LogP contribution in [-0.4, -0.2) is 17.7 Å². The van der Waals surface area contributed by atoms with Crippen LogP contribution in [0.15, 0.2) is 46.9 Å². The Morgan fingerprint density at radius 2 is 2.10 bits per heavy atom. The summed E-state index contributed by atoms with van der Waals surface area (Å²) < 4.78 is 6.62. The summed E-state index contributed by atoms with van der Waals surface area (Å²) in [5.74, 6) is -0.0885. The Morgan fingerprint density at radius 3 is 2.90 bits per heavy atom. The molecular formula is C16H14BrNO3. The van der Waals surface area contributed by atoms with E-state index in [0.717, 1.165) is 22.2 Å². The van der Waals surface area contributed by atoms with Crippen LogP contribution in [0, 0.1) is 0 Å². The number of ether oxygens (including phenoxy) is 1. The molecular weight excluding hydrogens is 334 g/mol. The summed E-state index contributed by atoms with van der Waals surface area (Å²) >= 11 is 3.46. The number of rotatable bonds is 3. The van der Waals surface area contributed by atoms with Crippen molar-refractivity contribution in [3.63, 3.8) is 0 Å². The molecule has 0 bridgehead atoms. The highest BCUT2D eigenvalue weighted by Gasteiger charge is 2.23. The van der Waals surface area contributed by atoms with Gasteiger partial charge in [0.2, 0.25) is 0 Å². The minimum atomic E-state index is -0.931. The van der Waals surface area contributed by atoms with Gasteiger partial charge in [-0.25, -0.2) is 4.79 Å². The van der Waals surface area contributed by atoms with Crippen LogP contribution in [0.25, 0.3) is 0 Å². The molecule has 1 unspecified atom stereocenters. The zero-order valence-corrected chi connectivity index (χ0v) is 12.8. The largest absolute Gasteiger partial charge is 0.493 e. The molecule has 1 heterocycles. The second kappa shape index (κ2) is 5.77. The summed E-state index contributed by atoms with van der Waals surface area (Å²) in [6.07, 6.45) is 0.789. The number of carbonyl (C=O) groups is 1. The topological polar surface area (TPSA) is 58.6 Å². The second-order valence-electron chi connectivity index (χ2n) is 4.87. The van der Waals surface area contributed by atoms with E-state index < -0.39 is 5.97 Å². The molecule has 0 fully saturated rings. The number of fused-ring (bicyclic) bond motifs is 1. The lowest BCUT2D eigenvalue weighted by atomic mass is 9.99. The van der Waals surface area contributed by atoms with Gasteiger partial charge in [0, 0.05) is 22.1 Å². The quantitative estimate of drug-likeness (QED) is 0.878. The number of carboxylic acids is 1. The van der Waals surface area contributed by atoms with Gasteiger partial charge in [0.1, 0.15) is 5.75 Å². The first-order valence-electron chi connectivity index (χ1n) is 6.66. The molecule has 0 amide bonds. The number of hydrogen-bond acceptors (Lipinski definition) is 3. The van der Waals surface area contributed by atoms with Crippen molar-refractivity contribution in [2.45, 2.75) is 12.5 Å². The highest BCUT2D eigenvalue weighted by molar-refractivity contribution is 9.10. The van der Waals surface area contributed by atoms with E-state index in [1.54, 1.807) is 18.2 Å². The summed E-state index contributed by atoms with van der Waals surface area (Å²) in [7, 11) is 0. The van der Waals surface area contributed by atoms with Crippen LogP contribution in [0.2, 0.25) is 0 Å². The molecule has 2 aromatic carbocycles. The Balaban J connectivity index is 1.94. The number of halogens is 1. The van der Waals surface area contributed by atoms with Gasteiger partial charge in [0.15, 0.2) is 0 Å². The first-order valence-corrected chi connectivity index (χ1v) is 7.45. The molecule has 108 valence electrons. The van der Waals surface area contributed by atoms with E-state index in [1.165, 1.54) is 0 Å². The van der Waals surface area contributed by atoms with E-state index in [-0.39, 0.29) is 11.6 Å². The lowest BCUT2D eigenvalue weighted by Crippen LogP contribution is -2.21. The number of benzene rings is 2. The van der Waals surface area contributed by atoms with Gasteiger partial charge in [-0.3, -0.25) is 0 Å². The third-order valence-electron chi connectivity index (χ3n) is 3.50. The van der Waals surface area contributed by atoms with Crippen molar-refractivity contribution in [2.75, 3.05) is 11.9 Å². The van der Waals surface area contributed by atoms with Crippen LogP contribution in [-0.2, 0) is 0 Å². The second-order valence-corrected chi connectivity index (χ2v) is 5.78. The van der Waals surface area contributed by atoms with Gasteiger partial charge in [-0.1, -0.05) is 28.1 Å². The molecule has 4 nitrogen and oxygen atoms in total. The highest BCUT2D eigenvalue weighted by Crippen LogP contribution is 2.36. The summed E-state index contributed by atoms with van der Waals surface area (Å²) in [5, 5.41) is 12.6. The molecule has 1 atom stereocenters. The summed E-state index contributed by atoms with van der Waals surface area (Å²) in [4.78, 5) is 11.3. The van der Waals surface area contributed by atoms with Crippen molar-refractivity contribution >= 4 is 27.6 Å².